The zero-order valence-corrected chi connectivity index (χ0v) is 29.1. The summed E-state index contributed by atoms with van der Waals surface area (Å²) >= 11 is 0. The highest BCUT2D eigenvalue weighted by molar-refractivity contribution is 6.21. The lowest BCUT2D eigenvalue weighted by Gasteiger charge is -2.23. The Kier molecular flexibility index (Phi) is 6.08. The van der Waals surface area contributed by atoms with Crippen LogP contribution < -0.4 is 0 Å². The molecule has 0 bridgehead atoms. The van der Waals surface area contributed by atoms with Gasteiger partial charge in [0.2, 0.25) is 0 Å². The van der Waals surface area contributed by atoms with E-state index in [9.17, 15) is 0 Å². The monoisotopic (exact) mass is 662 g/mol. The first kappa shape index (κ1) is 29.3. The lowest BCUT2D eigenvalue weighted by Crippen LogP contribution is -2.15. The van der Waals surface area contributed by atoms with Crippen molar-refractivity contribution in [2.75, 3.05) is 0 Å². The third-order valence-corrected chi connectivity index (χ3v) is 11.6. The summed E-state index contributed by atoms with van der Waals surface area (Å²) in [5.74, 6) is 0. The van der Waals surface area contributed by atoms with Crippen LogP contribution in [0.25, 0.3) is 98.8 Å². The van der Waals surface area contributed by atoms with Gasteiger partial charge in [-0.15, -0.1) is 0 Å². The predicted molar refractivity (Wildman–Crippen MR) is 220 cm³/mol. The number of benzene rings is 9. The highest BCUT2D eigenvalue weighted by Crippen LogP contribution is 2.53. The number of para-hydroxylation sites is 1. The van der Waals surface area contributed by atoms with Gasteiger partial charge >= 0.3 is 0 Å². The third kappa shape index (κ3) is 4.11. The Morgan fingerprint density at radius 3 is 1.60 bits per heavy atom. The largest absolute Gasteiger partial charge is 0.456 e. The number of hydrogen-bond acceptors (Lipinski definition) is 1. The van der Waals surface area contributed by atoms with Gasteiger partial charge in [-0.2, -0.15) is 0 Å². The minimum atomic E-state index is -0.139. The molecule has 11 rings (SSSR count). The van der Waals surface area contributed by atoms with Crippen LogP contribution in [0.2, 0.25) is 0 Å². The van der Waals surface area contributed by atoms with Crippen LogP contribution >= 0.6 is 0 Å². The van der Waals surface area contributed by atoms with E-state index in [0.29, 0.717) is 0 Å². The summed E-state index contributed by atoms with van der Waals surface area (Å²) < 4.78 is 6.36. The first-order chi connectivity index (χ1) is 25.5. The zero-order valence-electron chi connectivity index (χ0n) is 29.1. The summed E-state index contributed by atoms with van der Waals surface area (Å²) in [7, 11) is 0. The van der Waals surface area contributed by atoms with Gasteiger partial charge in [0.1, 0.15) is 11.2 Å². The summed E-state index contributed by atoms with van der Waals surface area (Å²) in [5, 5.41) is 9.98. The van der Waals surface area contributed by atoms with E-state index in [0.717, 1.165) is 11.2 Å². The van der Waals surface area contributed by atoms with Crippen molar-refractivity contribution in [3.05, 3.63) is 181 Å². The summed E-state index contributed by atoms with van der Waals surface area (Å²) in [5.41, 5.74) is 14.6. The van der Waals surface area contributed by atoms with Gasteiger partial charge in [-0.05, 0) is 112 Å². The van der Waals surface area contributed by atoms with Crippen molar-refractivity contribution >= 4 is 54.3 Å². The Hall–Kier alpha value is -6.44. The number of fused-ring (bicyclic) bond motifs is 10. The average Bonchev–Trinajstić information content (AvgIpc) is 3.67. The van der Waals surface area contributed by atoms with Gasteiger partial charge in [0.25, 0.3) is 0 Å². The van der Waals surface area contributed by atoms with Gasteiger partial charge in [0.05, 0.1) is 0 Å². The zero-order chi connectivity index (χ0) is 34.6. The molecule has 1 aliphatic carbocycles. The van der Waals surface area contributed by atoms with Crippen molar-refractivity contribution in [1.29, 1.82) is 0 Å². The molecule has 10 aromatic rings. The standard InChI is InChI=1S/C51H34O/c1-51(2)45-27-25-34(28-43(45)41-26-24-35-29-44-36-14-10-11-19-46(36)52-47(44)30-42(35)50(41)51)31-20-22-33(23-21-31)49-39-17-8-6-15-37(39)48(32-12-4-3-5-13-32)38-16-7-9-18-40(38)49/h3-30H,1-2H3. The lowest BCUT2D eigenvalue weighted by atomic mass is 9.80. The number of hydrogen-bond donors (Lipinski definition) is 0. The number of furan rings is 1. The molecule has 0 saturated carbocycles. The Bertz CT molecular complexity index is 3010. The third-order valence-electron chi connectivity index (χ3n) is 11.6. The Morgan fingerprint density at radius 1 is 0.365 bits per heavy atom. The molecule has 0 amide bonds. The molecule has 1 heterocycles. The quantitative estimate of drug-likeness (QED) is 0.172. The maximum atomic E-state index is 6.36. The summed E-state index contributed by atoms with van der Waals surface area (Å²) in [6.07, 6.45) is 0. The molecule has 0 spiro atoms. The normalized spacial score (nSPS) is 13.3. The lowest BCUT2D eigenvalue weighted by molar-refractivity contribution is 0.663. The molecule has 1 nitrogen and oxygen atoms in total. The molecular weight excluding hydrogens is 629 g/mol. The summed E-state index contributed by atoms with van der Waals surface area (Å²) in [6.45, 7) is 4.73. The van der Waals surface area contributed by atoms with Crippen LogP contribution in [0.15, 0.2) is 174 Å². The van der Waals surface area contributed by atoms with E-state index in [2.05, 4.69) is 178 Å². The molecule has 0 atom stereocenters. The minimum absolute atomic E-state index is 0.139. The van der Waals surface area contributed by atoms with Crippen molar-refractivity contribution in [2.24, 2.45) is 0 Å². The minimum Gasteiger partial charge on any atom is -0.456 e. The van der Waals surface area contributed by atoms with Crippen LogP contribution in [0.5, 0.6) is 0 Å². The fraction of sp³-hybridized carbons (Fsp3) is 0.0588. The van der Waals surface area contributed by atoms with Crippen molar-refractivity contribution in [3.63, 3.8) is 0 Å². The molecule has 244 valence electrons. The fourth-order valence-corrected chi connectivity index (χ4v) is 9.25. The summed E-state index contributed by atoms with van der Waals surface area (Å²) in [4.78, 5) is 0. The van der Waals surface area contributed by atoms with Crippen LogP contribution in [0, 0.1) is 0 Å². The van der Waals surface area contributed by atoms with Crippen LogP contribution in [0.1, 0.15) is 25.0 Å². The molecule has 0 saturated heterocycles. The first-order valence-electron chi connectivity index (χ1n) is 18.2. The highest BCUT2D eigenvalue weighted by atomic mass is 16.3. The van der Waals surface area contributed by atoms with Crippen molar-refractivity contribution in [1.82, 2.24) is 0 Å². The highest BCUT2D eigenvalue weighted by Gasteiger charge is 2.37. The Morgan fingerprint density at radius 2 is 0.923 bits per heavy atom. The second-order valence-corrected chi connectivity index (χ2v) is 14.8. The molecule has 1 aliphatic rings. The first-order valence-corrected chi connectivity index (χ1v) is 18.2. The molecule has 0 N–H and O–H groups in total. The molecule has 0 radical (unpaired) electrons. The van der Waals surface area contributed by atoms with Gasteiger partial charge < -0.3 is 4.42 Å². The van der Waals surface area contributed by atoms with E-state index in [1.807, 2.05) is 6.07 Å². The second kappa shape index (κ2) is 10.8. The van der Waals surface area contributed by atoms with Crippen molar-refractivity contribution < 1.29 is 4.42 Å². The van der Waals surface area contributed by atoms with Gasteiger partial charge in [0, 0.05) is 16.2 Å². The van der Waals surface area contributed by atoms with E-state index in [1.165, 1.54) is 98.7 Å². The van der Waals surface area contributed by atoms with Crippen LogP contribution in [-0.4, -0.2) is 0 Å². The summed E-state index contributed by atoms with van der Waals surface area (Å²) in [6, 6.07) is 62.4. The van der Waals surface area contributed by atoms with Gasteiger partial charge in [0.15, 0.2) is 0 Å². The van der Waals surface area contributed by atoms with E-state index < -0.39 is 0 Å². The smallest absolute Gasteiger partial charge is 0.136 e. The van der Waals surface area contributed by atoms with E-state index in [4.69, 9.17) is 4.42 Å². The van der Waals surface area contributed by atoms with Gasteiger partial charge in [-0.1, -0.05) is 159 Å². The van der Waals surface area contributed by atoms with Gasteiger partial charge in [-0.3, -0.25) is 0 Å². The van der Waals surface area contributed by atoms with E-state index in [1.54, 1.807) is 0 Å². The average molecular weight is 663 g/mol. The SMILES string of the molecule is CC1(C)c2ccc(-c3ccc(-c4c5ccccc5c(-c5ccccc5)c5ccccc45)cc3)cc2-c2ccc3cc4c(cc3c21)oc1ccccc14. The molecular formula is C51H34O. The second-order valence-electron chi connectivity index (χ2n) is 14.8. The molecule has 52 heavy (non-hydrogen) atoms. The van der Waals surface area contributed by atoms with Crippen molar-refractivity contribution in [3.8, 4) is 44.5 Å². The maximum absolute atomic E-state index is 6.36. The van der Waals surface area contributed by atoms with Crippen LogP contribution in [0.3, 0.4) is 0 Å². The fourth-order valence-electron chi connectivity index (χ4n) is 9.25. The van der Waals surface area contributed by atoms with Crippen molar-refractivity contribution in [2.45, 2.75) is 19.3 Å². The Labute approximate surface area is 302 Å². The van der Waals surface area contributed by atoms with Gasteiger partial charge in [-0.25, -0.2) is 0 Å². The predicted octanol–water partition coefficient (Wildman–Crippen LogP) is 14.4. The molecule has 1 aromatic heterocycles. The molecule has 0 aliphatic heterocycles. The van der Waals surface area contributed by atoms with E-state index >= 15 is 0 Å². The molecule has 1 heteroatoms. The van der Waals surface area contributed by atoms with Crippen LogP contribution in [0.4, 0.5) is 0 Å². The topological polar surface area (TPSA) is 13.1 Å². The molecule has 0 unspecified atom stereocenters. The Balaban J connectivity index is 1.04. The molecule has 9 aromatic carbocycles. The number of rotatable bonds is 3. The maximum Gasteiger partial charge on any atom is 0.136 e. The van der Waals surface area contributed by atoms with Crippen LogP contribution in [-0.2, 0) is 5.41 Å². The van der Waals surface area contributed by atoms with E-state index in [-0.39, 0.29) is 5.41 Å². The molecule has 0 fully saturated rings.